The summed E-state index contributed by atoms with van der Waals surface area (Å²) in [7, 11) is 0. The maximum absolute atomic E-state index is 13.6. The minimum absolute atomic E-state index is 0.0263. The molecule has 1 saturated carbocycles. The van der Waals surface area contributed by atoms with Crippen molar-refractivity contribution >= 4 is 5.91 Å². The van der Waals surface area contributed by atoms with Crippen LogP contribution in [0.25, 0.3) is 0 Å². The second kappa shape index (κ2) is 10.4. The molecule has 4 heteroatoms. The monoisotopic (exact) mass is 420 g/mol. The molecule has 166 valence electrons. The zero-order chi connectivity index (χ0) is 21.5. The molecule has 0 radical (unpaired) electrons. The number of aryl methyl sites for hydroxylation is 1. The predicted octanol–water partition coefficient (Wildman–Crippen LogP) is 4.23. The van der Waals surface area contributed by atoms with Gasteiger partial charge in [0, 0.05) is 32.1 Å². The lowest BCUT2D eigenvalue weighted by Gasteiger charge is -2.41. The van der Waals surface area contributed by atoms with Gasteiger partial charge >= 0.3 is 0 Å². The van der Waals surface area contributed by atoms with E-state index in [0.29, 0.717) is 13.1 Å². The highest BCUT2D eigenvalue weighted by atomic mass is 16.3. The number of carbonyl (C=O) groups excluding carboxylic acids is 1. The van der Waals surface area contributed by atoms with Gasteiger partial charge in [-0.15, -0.1) is 0 Å². The SMILES string of the molecule is O=C(N1CCN(CCCCc2ccccc2)CC1)C(O)(c1ccccc1)C1CCCC1. The van der Waals surface area contributed by atoms with Crippen LogP contribution in [0.15, 0.2) is 60.7 Å². The van der Waals surface area contributed by atoms with Gasteiger partial charge < -0.3 is 10.0 Å². The largest absolute Gasteiger partial charge is 0.375 e. The van der Waals surface area contributed by atoms with Crippen molar-refractivity contribution in [3.8, 4) is 0 Å². The van der Waals surface area contributed by atoms with Crippen molar-refractivity contribution in [3.63, 3.8) is 0 Å². The van der Waals surface area contributed by atoms with Crippen LogP contribution >= 0.6 is 0 Å². The van der Waals surface area contributed by atoms with Crippen molar-refractivity contribution in [2.45, 2.75) is 50.5 Å². The zero-order valence-electron chi connectivity index (χ0n) is 18.6. The Bertz CT molecular complexity index is 812. The standard InChI is InChI=1S/C27H36N2O2/c30-26(27(31,25-16-7-8-17-25)24-14-5-2-6-15-24)29-21-19-28(20-22-29)18-10-9-13-23-11-3-1-4-12-23/h1-6,11-12,14-15,25,31H,7-10,13,16-22H2. The maximum atomic E-state index is 13.6. The summed E-state index contributed by atoms with van der Waals surface area (Å²) in [6, 6.07) is 20.3. The van der Waals surface area contributed by atoms with Gasteiger partial charge in [0.25, 0.3) is 5.91 Å². The molecule has 1 amide bonds. The Labute approximate surface area is 186 Å². The fourth-order valence-electron chi connectivity index (χ4n) is 5.29. The average molecular weight is 421 g/mol. The number of piperazine rings is 1. The Morgan fingerprint density at radius 3 is 2.13 bits per heavy atom. The topological polar surface area (TPSA) is 43.8 Å². The maximum Gasteiger partial charge on any atom is 0.259 e. The van der Waals surface area contributed by atoms with Crippen LogP contribution < -0.4 is 0 Å². The van der Waals surface area contributed by atoms with Crippen molar-refractivity contribution in [2.75, 3.05) is 32.7 Å². The molecule has 1 heterocycles. The van der Waals surface area contributed by atoms with Crippen molar-refractivity contribution < 1.29 is 9.90 Å². The van der Waals surface area contributed by atoms with Gasteiger partial charge in [-0.3, -0.25) is 9.69 Å². The number of carbonyl (C=O) groups is 1. The average Bonchev–Trinajstić information content (AvgIpc) is 3.38. The summed E-state index contributed by atoms with van der Waals surface area (Å²) in [5.74, 6) is -0.0623. The molecule has 0 aromatic heterocycles. The van der Waals surface area contributed by atoms with Crippen LogP contribution in [-0.2, 0) is 16.8 Å². The Morgan fingerprint density at radius 2 is 1.48 bits per heavy atom. The quantitative estimate of drug-likeness (QED) is 0.650. The van der Waals surface area contributed by atoms with E-state index >= 15 is 0 Å². The van der Waals surface area contributed by atoms with E-state index < -0.39 is 5.60 Å². The third kappa shape index (κ3) is 5.19. The van der Waals surface area contributed by atoms with E-state index in [2.05, 4.69) is 35.2 Å². The van der Waals surface area contributed by atoms with E-state index in [1.54, 1.807) is 0 Å². The first kappa shape index (κ1) is 22.0. The number of rotatable bonds is 8. The number of hydrogen-bond acceptors (Lipinski definition) is 3. The highest BCUT2D eigenvalue weighted by Crippen LogP contribution is 2.42. The summed E-state index contributed by atoms with van der Waals surface area (Å²) in [4.78, 5) is 18.0. The number of benzene rings is 2. The molecule has 4 nitrogen and oxygen atoms in total. The summed E-state index contributed by atoms with van der Waals surface area (Å²) in [5, 5.41) is 11.7. The van der Waals surface area contributed by atoms with Crippen LogP contribution in [0.1, 0.15) is 49.7 Å². The van der Waals surface area contributed by atoms with Gasteiger partial charge in [-0.2, -0.15) is 0 Å². The molecular weight excluding hydrogens is 384 g/mol. The smallest absolute Gasteiger partial charge is 0.259 e. The molecule has 1 aliphatic heterocycles. The van der Waals surface area contributed by atoms with Crippen molar-refractivity contribution in [2.24, 2.45) is 5.92 Å². The van der Waals surface area contributed by atoms with Gasteiger partial charge in [-0.1, -0.05) is 73.5 Å². The Morgan fingerprint density at radius 1 is 0.871 bits per heavy atom. The number of nitrogens with zero attached hydrogens (tertiary/aromatic N) is 2. The normalized spacial score (nSPS) is 20.0. The summed E-state index contributed by atoms with van der Waals surface area (Å²) in [6.07, 6.45) is 7.56. The first-order valence-corrected chi connectivity index (χ1v) is 12.0. The van der Waals surface area contributed by atoms with Crippen LogP contribution in [-0.4, -0.2) is 53.5 Å². The first-order chi connectivity index (χ1) is 15.2. The lowest BCUT2D eigenvalue weighted by atomic mass is 9.79. The Balaban J connectivity index is 1.30. The van der Waals surface area contributed by atoms with Crippen LogP contribution in [0, 0.1) is 5.92 Å². The zero-order valence-corrected chi connectivity index (χ0v) is 18.6. The van der Waals surface area contributed by atoms with E-state index in [1.807, 2.05) is 35.2 Å². The molecule has 0 spiro atoms. The summed E-state index contributed by atoms with van der Waals surface area (Å²) >= 11 is 0. The molecule has 1 aliphatic carbocycles. The molecule has 1 unspecified atom stereocenters. The lowest BCUT2D eigenvalue weighted by molar-refractivity contribution is -0.161. The van der Waals surface area contributed by atoms with Crippen LogP contribution in [0.2, 0.25) is 0 Å². The van der Waals surface area contributed by atoms with Crippen molar-refractivity contribution in [1.82, 2.24) is 9.80 Å². The molecule has 31 heavy (non-hydrogen) atoms. The molecule has 1 atom stereocenters. The van der Waals surface area contributed by atoms with Crippen molar-refractivity contribution in [3.05, 3.63) is 71.8 Å². The number of unbranched alkanes of at least 4 members (excludes halogenated alkanes) is 1. The van der Waals surface area contributed by atoms with Crippen LogP contribution in [0.4, 0.5) is 0 Å². The van der Waals surface area contributed by atoms with E-state index in [-0.39, 0.29) is 11.8 Å². The molecule has 1 saturated heterocycles. The van der Waals surface area contributed by atoms with Crippen molar-refractivity contribution in [1.29, 1.82) is 0 Å². The molecule has 2 aliphatic rings. The first-order valence-electron chi connectivity index (χ1n) is 12.0. The number of amides is 1. The third-order valence-electron chi connectivity index (χ3n) is 7.18. The van der Waals surface area contributed by atoms with E-state index in [9.17, 15) is 9.90 Å². The minimum atomic E-state index is -1.38. The van der Waals surface area contributed by atoms with Gasteiger partial charge in [0.1, 0.15) is 0 Å². The van der Waals surface area contributed by atoms with E-state index in [0.717, 1.165) is 57.3 Å². The summed E-state index contributed by atoms with van der Waals surface area (Å²) < 4.78 is 0. The van der Waals surface area contributed by atoms with Gasteiger partial charge in [-0.05, 0) is 49.8 Å². The molecule has 4 rings (SSSR count). The summed E-state index contributed by atoms with van der Waals surface area (Å²) in [5.41, 5.74) is 0.788. The van der Waals surface area contributed by atoms with E-state index in [4.69, 9.17) is 0 Å². The molecule has 2 aromatic rings. The van der Waals surface area contributed by atoms with Crippen LogP contribution in [0.5, 0.6) is 0 Å². The second-order valence-corrected chi connectivity index (χ2v) is 9.19. The highest BCUT2D eigenvalue weighted by Gasteiger charge is 2.48. The fourth-order valence-corrected chi connectivity index (χ4v) is 5.29. The van der Waals surface area contributed by atoms with Gasteiger partial charge in [0.2, 0.25) is 0 Å². The molecule has 0 bridgehead atoms. The van der Waals surface area contributed by atoms with Gasteiger partial charge in [-0.25, -0.2) is 0 Å². The second-order valence-electron chi connectivity index (χ2n) is 9.19. The molecule has 1 N–H and O–H groups in total. The molecular formula is C27H36N2O2. The number of aliphatic hydroxyl groups is 1. The van der Waals surface area contributed by atoms with Crippen LogP contribution in [0.3, 0.4) is 0 Å². The predicted molar refractivity (Wildman–Crippen MR) is 125 cm³/mol. The number of hydrogen-bond donors (Lipinski definition) is 1. The molecule has 2 aromatic carbocycles. The third-order valence-corrected chi connectivity index (χ3v) is 7.18. The van der Waals surface area contributed by atoms with Gasteiger partial charge in [0.05, 0.1) is 0 Å². The molecule has 2 fully saturated rings. The van der Waals surface area contributed by atoms with E-state index in [1.165, 1.54) is 18.4 Å². The van der Waals surface area contributed by atoms with Gasteiger partial charge in [0.15, 0.2) is 5.60 Å². The highest BCUT2D eigenvalue weighted by molar-refractivity contribution is 5.87. The Kier molecular flexibility index (Phi) is 7.41. The minimum Gasteiger partial charge on any atom is -0.375 e. The fraction of sp³-hybridized carbons (Fsp3) is 0.519. The summed E-state index contributed by atoms with van der Waals surface area (Å²) in [6.45, 7) is 4.29. The Hall–Kier alpha value is -2.17. The lowest BCUT2D eigenvalue weighted by Crippen LogP contribution is -2.56.